The smallest absolute Gasteiger partial charge is 0.275 e. The molecule has 170 valence electrons. The van der Waals surface area contributed by atoms with E-state index in [2.05, 4.69) is 25.5 Å². The molecule has 0 aromatic carbocycles. The molecule has 1 amide bonds. The summed E-state index contributed by atoms with van der Waals surface area (Å²) in [5.41, 5.74) is 1.13. The molecule has 1 N–H and O–H groups in total. The molecular weight excluding hydrogens is 448 g/mol. The Morgan fingerprint density at radius 2 is 1.94 bits per heavy atom. The lowest BCUT2D eigenvalue weighted by Crippen LogP contribution is -2.14. The maximum atomic E-state index is 14.5. The summed E-state index contributed by atoms with van der Waals surface area (Å²) in [5, 5.41) is 13.7. The van der Waals surface area contributed by atoms with Crippen LogP contribution in [-0.4, -0.2) is 35.4 Å². The highest BCUT2D eigenvalue weighted by molar-refractivity contribution is 7.13. The Kier molecular flexibility index (Phi) is 5.71. The Morgan fingerprint density at radius 3 is 2.70 bits per heavy atom. The zero-order valence-corrected chi connectivity index (χ0v) is 18.6. The summed E-state index contributed by atoms with van der Waals surface area (Å²) in [6.45, 7) is 0. The van der Waals surface area contributed by atoms with E-state index in [0.717, 1.165) is 49.8 Å². The highest BCUT2D eigenvalue weighted by Crippen LogP contribution is 2.33. The van der Waals surface area contributed by atoms with Crippen molar-refractivity contribution < 1.29 is 13.6 Å². The molecule has 33 heavy (non-hydrogen) atoms. The number of hydrogen-bond donors (Lipinski definition) is 1. The van der Waals surface area contributed by atoms with Crippen molar-refractivity contribution in [2.45, 2.75) is 38.1 Å². The molecule has 0 radical (unpaired) electrons. The molecular formula is C22H21F2N7OS. The van der Waals surface area contributed by atoms with Gasteiger partial charge in [-0.15, -0.1) is 11.3 Å². The second kappa shape index (κ2) is 8.81. The van der Waals surface area contributed by atoms with Gasteiger partial charge in [0.05, 0.1) is 17.9 Å². The van der Waals surface area contributed by atoms with E-state index in [1.165, 1.54) is 11.3 Å². The van der Waals surface area contributed by atoms with Gasteiger partial charge in [-0.3, -0.25) is 14.2 Å². The largest absolute Gasteiger partial charge is 0.317 e. The van der Waals surface area contributed by atoms with Crippen molar-refractivity contribution in [3.8, 4) is 22.0 Å². The number of nitrogens with one attached hydrogen (secondary N) is 1. The molecule has 0 bridgehead atoms. The number of halogens is 2. The molecule has 0 saturated heterocycles. The average molecular weight is 470 g/mol. The normalized spacial score (nSPS) is 14.5. The molecule has 1 aliphatic carbocycles. The Bertz CT molecular complexity index is 1310. The molecule has 11 heteroatoms. The van der Waals surface area contributed by atoms with Crippen LogP contribution in [-0.2, 0) is 7.05 Å². The number of carbonyl (C=O) groups excluding carboxylic acids is 1. The zero-order valence-electron chi connectivity index (χ0n) is 17.8. The van der Waals surface area contributed by atoms with Crippen molar-refractivity contribution in [2.75, 3.05) is 5.32 Å². The maximum Gasteiger partial charge on any atom is 0.275 e. The highest BCUT2D eigenvalue weighted by atomic mass is 32.1. The summed E-state index contributed by atoms with van der Waals surface area (Å²) >= 11 is 1.32. The second-order valence-corrected chi connectivity index (χ2v) is 8.88. The minimum Gasteiger partial charge on any atom is -0.317 e. The van der Waals surface area contributed by atoms with Crippen LogP contribution in [0.5, 0.6) is 0 Å². The lowest BCUT2D eigenvalue weighted by atomic mass is 9.96. The Labute approximate surface area is 192 Å². The van der Waals surface area contributed by atoms with Gasteiger partial charge in [-0.05, 0) is 25.0 Å². The van der Waals surface area contributed by atoms with Crippen LogP contribution >= 0.6 is 11.3 Å². The Morgan fingerprint density at radius 1 is 1.12 bits per heavy atom. The first-order valence-electron chi connectivity index (χ1n) is 10.7. The number of rotatable bonds is 5. The van der Waals surface area contributed by atoms with Crippen molar-refractivity contribution in [2.24, 2.45) is 7.05 Å². The minimum absolute atomic E-state index is 0.0913. The van der Waals surface area contributed by atoms with E-state index < -0.39 is 17.7 Å². The van der Waals surface area contributed by atoms with Crippen LogP contribution in [0.2, 0.25) is 0 Å². The van der Waals surface area contributed by atoms with E-state index in [0.29, 0.717) is 5.01 Å². The first-order valence-corrected chi connectivity index (χ1v) is 11.5. The minimum atomic E-state index is -0.823. The van der Waals surface area contributed by atoms with E-state index in [1.54, 1.807) is 34.2 Å². The number of hydrogen-bond acceptors (Lipinski definition) is 6. The fourth-order valence-corrected chi connectivity index (χ4v) is 4.78. The van der Waals surface area contributed by atoms with Gasteiger partial charge >= 0.3 is 0 Å². The molecule has 0 atom stereocenters. The topological polar surface area (TPSA) is 90.5 Å². The van der Waals surface area contributed by atoms with Crippen molar-refractivity contribution in [3.05, 3.63) is 53.6 Å². The number of aromatic nitrogens is 6. The van der Waals surface area contributed by atoms with Crippen LogP contribution in [0, 0.1) is 11.8 Å². The van der Waals surface area contributed by atoms with Gasteiger partial charge in [-0.25, -0.2) is 14.4 Å². The first-order chi connectivity index (χ1) is 16.0. The fourth-order valence-electron chi connectivity index (χ4n) is 4.00. The number of carbonyl (C=O) groups is 1. The number of aryl methyl sites for hydroxylation is 1. The van der Waals surface area contributed by atoms with Gasteiger partial charge in [0.2, 0.25) is 5.95 Å². The third kappa shape index (κ3) is 4.40. The number of pyridine rings is 1. The van der Waals surface area contributed by atoms with Gasteiger partial charge in [-0.1, -0.05) is 19.3 Å². The van der Waals surface area contributed by atoms with E-state index in [1.807, 2.05) is 6.20 Å². The van der Waals surface area contributed by atoms with E-state index >= 15 is 0 Å². The molecule has 1 aliphatic rings. The van der Waals surface area contributed by atoms with Gasteiger partial charge in [0, 0.05) is 30.4 Å². The van der Waals surface area contributed by atoms with E-state index in [4.69, 9.17) is 0 Å². The van der Waals surface area contributed by atoms with Crippen molar-refractivity contribution in [1.29, 1.82) is 0 Å². The monoisotopic (exact) mass is 469 g/mol. The predicted molar refractivity (Wildman–Crippen MR) is 120 cm³/mol. The molecule has 4 heterocycles. The lowest BCUT2D eigenvalue weighted by Gasteiger charge is -2.21. The summed E-state index contributed by atoms with van der Waals surface area (Å²) in [4.78, 5) is 21.1. The van der Waals surface area contributed by atoms with Crippen molar-refractivity contribution in [3.63, 3.8) is 0 Å². The first kappa shape index (κ1) is 21.4. The number of amides is 1. The molecule has 0 unspecified atom stereocenters. The van der Waals surface area contributed by atoms with Crippen LogP contribution in [0.15, 0.2) is 36.1 Å². The van der Waals surface area contributed by atoms with Crippen molar-refractivity contribution >= 4 is 22.9 Å². The van der Waals surface area contributed by atoms with E-state index in [-0.39, 0.29) is 28.8 Å². The van der Waals surface area contributed by atoms with Crippen LogP contribution in [0.1, 0.15) is 48.6 Å². The highest BCUT2D eigenvalue weighted by Gasteiger charge is 2.24. The number of nitrogens with zero attached hydrogens (tertiary/aromatic N) is 6. The van der Waals surface area contributed by atoms with Gasteiger partial charge < -0.3 is 5.32 Å². The second-order valence-electron chi connectivity index (χ2n) is 8.02. The summed E-state index contributed by atoms with van der Waals surface area (Å²) in [6.07, 6.45) is 10.3. The molecule has 4 aromatic rings. The lowest BCUT2D eigenvalue weighted by molar-refractivity contribution is 0.102. The summed E-state index contributed by atoms with van der Waals surface area (Å²) in [5.74, 6) is -2.01. The Balaban J connectivity index is 1.47. The van der Waals surface area contributed by atoms with Gasteiger partial charge in [0.1, 0.15) is 22.1 Å². The summed E-state index contributed by atoms with van der Waals surface area (Å²) < 4.78 is 31.7. The third-order valence-electron chi connectivity index (χ3n) is 5.65. The molecule has 5 rings (SSSR count). The van der Waals surface area contributed by atoms with Crippen LogP contribution in [0.25, 0.3) is 22.0 Å². The standard InChI is InChI=1S/C22H21F2N7OS/c1-30-10-13(9-25-30)22-27-17(12-33-22)21(32)26-16-11-31(14-5-3-2-4-6-14)29-20(16)19-15(23)7-8-18(24)28-19/h7-12,14H,2-6H2,1H3,(H,26,32). The summed E-state index contributed by atoms with van der Waals surface area (Å²) in [6, 6.07) is 2.09. The van der Waals surface area contributed by atoms with Crippen LogP contribution in [0.4, 0.5) is 14.5 Å². The number of thiazole rings is 1. The molecule has 8 nitrogen and oxygen atoms in total. The number of anilines is 1. The zero-order chi connectivity index (χ0) is 22.9. The third-order valence-corrected chi connectivity index (χ3v) is 6.55. The summed E-state index contributed by atoms with van der Waals surface area (Å²) in [7, 11) is 1.80. The SMILES string of the molecule is Cn1cc(-c2nc(C(=O)Nc3cn(C4CCCCC4)nc3-c3nc(F)ccc3F)cs2)cn1. The molecule has 0 spiro atoms. The molecule has 0 aliphatic heterocycles. The Hall–Kier alpha value is -3.47. The quantitative estimate of drug-likeness (QED) is 0.423. The predicted octanol–water partition coefficient (Wildman–Crippen LogP) is 4.84. The van der Waals surface area contributed by atoms with Gasteiger partial charge in [-0.2, -0.15) is 14.6 Å². The van der Waals surface area contributed by atoms with Gasteiger partial charge in [0.15, 0.2) is 5.82 Å². The molecule has 4 aromatic heterocycles. The van der Waals surface area contributed by atoms with Crippen molar-refractivity contribution in [1.82, 2.24) is 29.5 Å². The van der Waals surface area contributed by atoms with Crippen LogP contribution in [0.3, 0.4) is 0 Å². The molecule has 1 fully saturated rings. The van der Waals surface area contributed by atoms with Gasteiger partial charge in [0.25, 0.3) is 5.91 Å². The van der Waals surface area contributed by atoms with Crippen LogP contribution < -0.4 is 5.32 Å². The van der Waals surface area contributed by atoms with E-state index in [9.17, 15) is 13.6 Å². The molecule has 1 saturated carbocycles. The fraction of sp³-hybridized carbons (Fsp3) is 0.318. The average Bonchev–Trinajstić information content (AvgIpc) is 3.56. The maximum absolute atomic E-state index is 14.5.